The fraction of sp³-hybridized carbons (Fsp3) is 0.556. The highest BCUT2D eigenvalue weighted by atomic mass is 31.1. The number of hydrogen-bond donors (Lipinski definition) is 1. The highest BCUT2D eigenvalue weighted by Gasteiger charge is 2.29. The Kier molecular flexibility index (Phi) is 6.74. The minimum atomic E-state index is -1.64. The predicted molar refractivity (Wildman–Crippen MR) is 56.0 cm³/mol. The molecule has 0 aromatic carbocycles. The fourth-order valence-corrected chi connectivity index (χ4v) is 1.11. The van der Waals surface area contributed by atoms with E-state index in [1.54, 1.807) is 0 Å². The maximum absolute atomic E-state index is 11.4. The van der Waals surface area contributed by atoms with Crippen LogP contribution >= 0.6 is 8.46 Å². The van der Waals surface area contributed by atoms with E-state index in [1.807, 2.05) is 0 Å². The van der Waals surface area contributed by atoms with Gasteiger partial charge in [0, 0.05) is 6.92 Å². The molecule has 0 heterocycles. The Morgan fingerprint density at radius 3 is 2.17 bits per heavy atom. The highest BCUT2D eigenvalue weighted by molar-refractivity contribution is 7.46. The molecular formula is C9H11O8P. The normalized spacial score (nSPS) is 13.4. The van der Waals surface area contributed by atoms with Crippen LogP contribution in [0.4, 0.5) is 0 Å². The van der Waals surface area contributed by atoms with Crippen LogP contribution in [-0.4, -0.2) is 40.7 Å². The van der Waals surface area contributed by atoms with Crippen LogP contribution in [0.5, 0.6) is 0 Å². The molecule has 0 saturated carbocycles. The predicted octanol–water partition coefficient (Wildman–Crippen LogP) is 0.143. The largest absolute Gasteiger partial charge is 0.481 e. The molecule has 0 aliphatic heterocycles. The molecule has 100 valence electrons. The van der Waals surface area contributed by atoms with Crippen molar-refractivity contribution in [2.75, 3.05) is 0 Å². The quantitative estimate of drug-likeness (QED) is 0.515. The Labute approximate surface area is 103 Å². The molecule has 1 N–H and O–H groups in total. The van der Waals surface area contributed by atoms with Crippen LogP contribution in [0.25, 0.3) is 0 Å². The van der Waals surface area contributed by atoms with Gasteiger partial charge in [-0.3, -0.25) is 18.9 Å². The molecule has 0 aliphatic rings. The molecule has 0 radical (unpaired) electrons. The van der Waals surface area contributed by atoms with Gasteiger partial charge in [0.15, 0.2) is 6.10 Å². The van der Waals surface area contributed by atoms with Crippen LogP contribution in [0.3, 0.4) is 0 Å². The minimum Gasteiger partial charge on any atom is -0.481 e. The SMILES string of the molecule is CC(=O)O[C@@H](CC(=O)O)C(=O)O[C@@H](C)C(=O)P=O. The van der Waals surface area contributed by atoms with E-state index in [9.17, 15) is 23.7 Å². The number of carbonyl (C=O) groups is 4. The minimum absolute atomic E-state index is 0.783. The van der Waals surface area contributed by atoms with E-state index >= 15 is 0 Å². The van der Waals surface area contributed by atoms with Gasteiger partial charge in [-0.1, -0.05) is 0 Å². The lowest BCUT2D eigenvalue weighted by Gasteiger charge is -2.16. The monoisotopic (exact) mass is 278 g/mol. The summed E-state index contributed by atoms with van der Waals surface area (Å²) < 4.78 is 19.2. The smallest absolute Gasteiger partial charge is 0.348 e. The van der Waals surface area contributed by atoms with Gasteiger partial charge in [-0.05, 0) is 6.92 Å². The Balaban J connectivity index is 4.64. The van der Waals surface area contributed by atoms with Gasteiger partial charge in [0.25, 0.3) is 5.52 Å². The van der Waals surface area contributed by atoms with Gasteiger partial charge in [-0.2, -0.15) is 0 Å². The van der Waals surface area contributed by atoms with Gasteiger partial charge in [0.05, 0.1) is 6.42 Å². The Morgan fingerprint density at radius 2 is 1.78 bits per heavy atom. The van der Waals surface area contributed by atoms with E-state index in [0.29, 0.717) is 0 Å². The van der Waals surface area contributed by atoms with E-state index in [2.05, 4.69) is 9.47 Å². The first kappa shape index (κ1) is 16.2. The molecule has 2 atom stereocenters. The first-order chi connectivity index (χ1) is 8.27. The number of aliphatic carboxylic acids is 1. The van der Waals surface area contributed by atoms with Gasteiger partial charge in [-0.25, -0.2) is 4.79 Å². The molecule has 18 heavy (non-hydrogen) atoms. The van der Waals surface area contributed by atoms with Crippen LogP contribution in [0, 0.1) is 0 Å². The van der Waals surface area contributed by atoms with Crippen LogP contribution in [0.2, 0.25) is 0 Å². The Bertz CT molecular complexity index is 361. The lowest BCUT2D eigenvalue weighted by molar-refractivity contribution is -0.173. The first-order valence-corrected chi connectivity index (χ1v) is 5.55. The molecule has 0 aromatic heterocycles. The fourth-order valence-electron chi connectivity index (χ4n) is 0.907. The molecular weight excluding hydrogens is 267 g/mol. The van der Waals surface area contributed by atoms with Gasteiger partial charge in [0.1, 0.15) is 0 Å². The summed E-state index contributed by atoms with van der Waals surface area (Å²) in [6, 6.07) is 0. The number of carboxylic acid groups (broad SMARTS) is 1. The van der Waals surface area contributed by atoms with E-state index in [1.165, 1.54) is 0 Å². The number of rotatable bonds is 7. The number of carboxylic acids is 1. The molecule has 0 bridgehead atoms. The molecule has 0 aromatic rings. The zero-order valence-corrected chi connectivity index (χ0v) is 10.5. The van der Waals surface area contributed by atoms with Crippen LogP contribution in [0.15, 0.2) is 0 Å². The third-order valence-corrected chi connectivity index (χ3v) is 2.21. The lowest BCUT2D eigenvalue weighted by atomic mass is 10.2. The number of esters is 2. The number of hydrogen-bond acceptors (Lipinski definition) is 7. The molecule has 0 spiro atoms. The average molecular weight is 278 g/mol. The molecule has 9 heteroatoms. The Morgan fingerprint density at radius 1 is 1.22 bits per heavy atom. The maximum atomic E-state index is 11.4. The molecule has 0 aliphatic carbocycles. The van der Waals surface area contributed by atoms with Crippen molar-refractivity contribution in [3.63, 3.8) is 0 Å². The summed E-state index contributed by atoms with van der Waals surface area (Å²) in [4.78, 5) is 43.4. The second kappa shape index (κ2) is 7.50. The van der Waals surface area contributed by atoms with Crippen molar-refractivity contribution in [2.24, 2.45) is 0 Å². The summed E-state index contributed by atoms with van der Waals surface area (Å²) in [6.07, 6.45) is -3.74. The van der Waals surface area contributed by atoms with Crippen molar-refractivity contribution in [3.05, 3.63) is 0 Å². The van der Waals surface area contributed by atoms with Crippen molar-refractivity contribution in [2.45, 2.75) is 32.5 Å². The molecule has 0 unspecified atom stereocenters. The molecule has 0 amide bonds. The zero-order chi connectivity index (χ0) is 14.3. The van der Waals surface area contributed by atoms with Crippen molar-refractivity contribution in [1.82, 2.24) is 0 Å². The van der Waals surface area contributed by atoms with Crippen LogP contribution in [0.1, 0.15) is 20.3 Å². The zero-order valence-electron chi connectivity index (χ0n) is 9.61. The van der Waals surface area contributed by atoms with Crippen molar-refractivity contribution in [3.8, 4) is 0 Å². The lowest BCUT2D eigenvalue weighted by Crippen LogP contribution is -2.34. The number of carbonyl (C=O) groups excluding carboxylic acids is 3. The van der Waals surface area contributed by atoms with E-state index in [0.717, 1.165) is 13.8 Å². The molecule has 8 nitrogen and oxygen atoms in total. The van der Waals surface area contributed by atoms with Crippen molar-refractivity contribution >= 4 is 31.9 Å². The topological polar surface area (TPSA) is 124 Å². The second-order valence-electron chi connectivity index (χ2n) is 3.20. The molecule has 0 rings (SSSR count). The van der Waals surface area contributed by atoms with E-state index in [-0.39, 0.29) is 0 Å². The van der Waals surface area contributed by atoms with Crippen molar-refractivity contribution in [1.29, 1.82) is 0 Å². The standard InChI is InChI=1S/C9H11O8P/c1-4(9(14)18-15)16-8(13)6(3-7(11)12)17-5(2)10/h4,6H,3H2,1-2H3,(H,11,12)/t4-,6-/m0/s1. The summed E-state index contributed by atoms with van der Waals surface area (Å²) in [5, 5.41) is 8.52. The summed E-state index contributed by atoms with van der Waals surface area (Å²) in [7, 11) is -0.835. The Hall–Kier alpha value is -1.82. The van der Waals surface area contributed by atoms with Gasteiger partial charge < -0.3 is 14.6 Å². The third-order valence-electron chi connectivity index (χ3n) is 1.66. The summed E-state index contributed by atoms with van der Waals surface area (Å²) >= 11 is 0. The molecule has 0 saturated heterocycles. The summed E-state index contributed by atoms with van der Waals surface area (Å²) in [5.41, 5.74) is -0.889. The van der Waals surface area contributed by atoms with Crippen LogP contribution in [-0.2, 0) is 33.2 Å². The highest BCUT2D eigenvalue weighted by Crippen LogP contribution is 2.09. The average Bonchev–Trinajstić information content (AvgIpc) is 2.25. The van der Waals surface area contributed by atoms with Gasteiger partial charge >= 0.3 is 17.9 Å². The van der Waals surface area contributed by atoms with E-state index < -0.39 is 50.5 Å². The van der Waals surface area contributed by atoms with E-state index in [4.69, 9.17) is 5.11 Å². The summed E-state index contributed by atoms with van der Waals surface area (Å²) in [5.74, 6) is -3.42. The van der Waals surface area contributed by atoms with Crippen LogP contribution < -0.4 is 0 Å². The number of ether oxygens (including phenoxy) is 2. The van der Waals surface area contributed by atoms with Gasteiger partial charge in [0.2, 0.25) is 14.6 Å². The van der Waals surface area contributed by atoms with Crippen molar-refractivity contribution < 1.29 is 38.3 Å². The second-order valence-corrected chi connectivity index (χ2v) is 3.83. The maximum Gasteiger partial charge on any atom is 0.348 e. The molecule has 0 fully saturated rings. The first-order valence-electron chi connectivity index (χ1n) is 4.74. The third kappa shape index (κ3) is 6.05. The van der Waals surface area contributed by atoms with Gasteiger partial charge in [-0.15, -0.1) is 0 Å². The summed E-state index contributed by atoms with van der Waals surface area (Å²) in [6.45, 7) is 2.16.